The number of hydrogen-bond donors (Lipinski definition) is 3. The van der Waals surface area contributed by atoms with E-state index >= 15 is 0 Å². The maximum Gasteiger partial charge on any atom is 0.273 e. The number of hydrogen-bond acceptors (Lipinski definition) is 11. The van der Waals surface area contributed by atoms with Crippen molar-refractivity contribution in [2.45, 2.75) is 60.7 Å². The SMILES string of the molecule is COc1nc2c(s1)CC1(CCN(c3cnc(Sc4ccnc(N)c4Cl)c(N)n3)CC1)[C@@H]2NS(=O)C(C)(C)C. The quantitative estimate of drug-likeness (QED) is 0.379. The van der Waals surface area contributed by atoms with Crippen molar-refractivity contribution >= 4 is 63.1 Å². The lowest BCUT2D eigenvalue weighted by Crippen LogP contribution is -2.48. The maximum atomic E-state index is 13.1. The van der Waals surface area contributed by atoms with E-state index in [1.54, 1.807) is 36.9 Å². The minimum atomic E-state index is -1.23. The number of methoxy groups -OCH3 is 1. The largest absolute Gasteiger partial charge is 0.473 e. The summed E-state index contributed by atoms with van der Waals surface area (Å²) in [6.07, 6.45) is 6.01. The molecule has 3 aromatic rings. The Hall–Kier alpha value is -2.19. The van der Waals surface area contributed by atoms with Crippen LogP contribution in [0.1, 0.15) is 50.2 Å². The number of halogens is 1. The standard InChI is InChI=1S/C24H31ClN8O2S3/c1-23(2,3)38(34)32-18-17-14(37-22(31-17)35-4)11-24(18)6-9-33(10-7-24)15-12-29-21(20(27)30-15)36-13-5-8-28-19(26)16(13)25/h5,8,12,18,32H,6-7,9-11H2,1-4H3,(H2,26,28)(H2,27,30)/t18-,38?/m1/s1. The Labute approximate surface area is 237 Å². The summed E-state index contributed by atoms with van der Waals surface area (Å²) < 4.78 is 21.6. The Morgan fingerprint density at radius 2 is 1.97 bits per heavy atom. The Balaban J connectivity index is 1.32. The van der Waals surface area contributed by atoms with Crippen LogP contribution in [0.2, 0.25) is 5.02 Å². The molecule has 3 aromatic heterocycles. The monoisotopic (exact) mass is 594 g/mol. The molecule has 38 heavy (non-hydrogen) atoms. The van der Waals surface area contributed by atoms with Crippen molar-refractivity contribution in [2.75, 3.05) is 36.6 Å². The van der Waals surface area contributed by atoms with E-state index in [0.29, 0.717) is 21.1 Å². The molecule has 1 saturated heterocycles. The van der Waals surface area contributed by atoms with E-state index in [-0.39, 0.29) is 22.0 Å². The molecule has 5 rings (SSSR count). The van der Waals surface area contributed by atoms with Gasteiger partial charge in [0, 0.05) is 34.5 Å². The molecule has 0 amide bonds. The van der Waals surface area contributed by atoms with Gasteiger partial charge in [0.25, 0.3) is 5.19 Å². The molecule has 0 aromatic carbocycles. The molecular formula is C24H31ClN8O2S3. The maximum absolute atomic E-state index is 13.1. The van der Waals surface area contributed by atoms with Crippen LogP contribution in [0.5, 0.6) is 5.19 Å². The second-order valence-corrected chi connectivity index (χ2v) is 14.9. The number of piperidine rings is 1. The summed E-state index contributed by atoms with van der Waals surface area (Å²) in [5, 5.41) is 1.58. The molecule has 2 atom stereocenters. The predicted octanol–water partition coefficient (Wildman–Crippen LogP) is 4.24. The minimum Gasteiger partial charge on any atom is -0.473 e. The Bertz CT molecular complexity index is 1370. The number of nitrogens with one attached hydrogen (secondary N) is 1. The molecule has 0 radical (unpaired) electrons. The number of ether oxygens (including phenoxy) is 1. The van der Waals surface area contributed by atoms with Crippen molar-refractivity contribution in [1.82, 2.24) is 24.7 Å². The number of nitrogens with zero attached hydrogens (tertiary/aromatic N) is 5. The van der Waals surface area contributed by atoms with Crippen LogP contribution in [0.15, 0.2) is 28.4 Å². The van der Waals surface area contributed by atoms with E-state index in [9.17, 15) is 4.21 Å². The van der Waals surface area contributed by atoms with Gasteiger partial charge in [-0.2, -0.15) is 0 Å². The molecular weight excluding hydrogens is 564 g/mol. The number of nitrogens with two attached hydrogens (primary N) is 2. The molecule has 4 heterocycles. The molecule has 10 nitrogen and oxygen atoms in total. The number of nitrogen functional groups attached to an aromatic ring is 2. The highest BCUT2D eigenvalue weighted by Crippen LogP contribution is 2.54. The lowest BCUT2D eigenvalue weighted by molar-refractivity contribution is 0.175. The highest BCUT2D eigenvalue weighted by atomic mass is 35.5. The van der Waals surface area contributed by atoms with Gasteiger partial charge in [0.05, 0.1) is 45.8 Å². The molecule has 204 valence electrons. The zero-order chi connectivity index (χ0) is 27.2. The minimum absolute atomic E-state index is 0.0787. The van der Waals surface area contributed by atoms with E-state index in [2.05, 4.69) is 24.6 Å². The fourth-order valence-electron chi connectivity index (χ4n) is 4.84. The van der Waals surface area contributed by atoms with Gasteiger partial charge in [-0.3, -0.25) is 0 Å². The number of fused-ring (bicyclic) bond motifs is 1. The van der Waals surface area contributed by atoms with E-state index in [4.69, 9.17) is 32.8 Å². The lowest BCUT2D eigenvalue weighted by Gasteiger charge is -2.44. The fourth-order valence-corrected chi connectivity index (χ4v) is 7.85. The predicted molar refractivity (Wildman–Crippen MR) is 154 cm³/mol. The van der Waals surface area contributed by atoms with Crippen molar-refractivity contribution in [3.05, 3.63) is 34.1 Å². The van der Waals surface area contributed by atoms with Crippen LogP contribution in [0.25, 0.3) is 0 Å². The van der Waals surface area contributed by atoms with E-state index in [1.807, 2.05) is 20.8 Å². The van der Waals surface area contributed by atoms with Crippen molar-refractivity contribution < 1.29 is 8.95 Å². The lowest BCUT2D eigenvalue weighted by atomic mass is 9.73. The molecule has 2 aliphatic rings. The van der Waals surface area contributed by atoms with Crippen LogP contribution >= 0.6 is 34.7 Å². The van der Waals surface area contributed by atoms with Gasteiger partial charge in [-0.1, -0.05) is 34.7 Å². The van der Waals surface area contributed by atoms with Crippen LogP contribution in [-0.4, -0.2) is 49.1 Å². The number of thiazole rings is 1. The molecule has 1 unspecified atom stereocenters. The highest BCUT2D eigenvalue weighted by molar-refractivity contribution is 7.99. The molecule has 1 aliphatic heterocycles. The summed E-state index contributed by atoms with van der Waals surface area (Å²) >= 11 is 9.17. The van der Waals surface area contributed by atoms with E-state index in [0.717, 1.165) is 48.8 Å². The Morgan fingerprint density at radius 1 is 1.24 bits per heavy atom. The summed E-state index contributed by atoms with van der Waals surface area (Å²) in [5.41, 5.74) is 13.0. The first-order chi connectivity index (χ1) is 18.0. The third kappa shape index (κ3) is 5.18. The summed E-state index contributed by atoms with van der Waals surface area (Å²) in [5.74, 6) is 1.33. The van der Waals surface area contributed by atoms with Crippen molar-refractivity contribution in [1.29, 1.82) is 0 Å². The van der Waals surface area contributed by atoms with Gasteiger partial charge < -0.3 is 21.1 Å². The average molecular weight is 595 g/mol. The molecule has 5 N–H and O–H groups in total. The Kier molecular flexibility index (Phi) is 7.50. The van der Waals surface area contributed by atoms with Crippen LogP contribution in [0.3, 0.4) is 0 Å². The number of anilines is 3. The second kappa shape index (κ2) is 10.4. The zero-order valence-electron chi connectivity index (χ0n) is 21.7. The van der Waals surface area contributed by atoms with Gasteiger partial charge in [0.2, 0.25) is 0 Å². The van der Waals surface area contributed by atoms with E-state index in [1.165, 1.54) is 16.6 Å². The highest BCUT2D eigenvalue weighted by Gasteiger charge is 2.51. The summed E-state index contributed by atoms with van der Waals surface area (Å²) in [6, 6.07) is 1.66. The molecule has 1 fully saturated rings. The number of rotatable bonds is 6. The smallest absolute Gasteiger partial charge is 0.273 e. The van der Waals surface area contributed by atoms with E-state index < -0.39 is 11.0 Å². The normalized spacial score (nSPS) is 19.5. The van der Waals surface area contributed by atoms with Crippen LogP contribution in [-0.2, 0) is 17.4 Å². The summed E-state index contributed by atoms with van der Waals surface area (Å²) in [6.45, 7) is 7.49. The third-order valence-corrected chi connectivity index (χ3v) is 11.2. The first-order valence-electron chi connectivity index (χ1n) is 12.2. The van der Waals surface area contributed by atoms with Crippen molar-refractivity contribution in [3.63, 3.8) is 0 Å². The topological polar surface area (TPSA) is 145 Å². The Morgan fingerprint density at radius 3 is 2.63 bits per heavy atom. The van der Waals surface area contributed by atoms with Gasteiger partial charge in [-0.25, -0.2) is 28.9 Å². The molecule has 14 heteroatoms. The van der Waals surface area contributed by atoms with Gasteiger partial charge in [-0.05, 0) is 46.1 Å². The van der Waals surface area contributed by atoms with Gasteiger partial charge in [0.15, 0.2) is 5.82 Å². The van der Waals surface area contributed by atoms with Crippen molar-refractivity contribution in [3.8, 4) is 5.19 Å². The van der Waals surface area contributed by atoms with Gasteiger partial charge in [-0.15, -0.1) is 0 Å². The average Bonchev–Trinajstić information content (AvgIpc) is 3.39. The first kappa shape index (κ1) is 27.4. The third-order valence-electron chi connectivity index (χ3n) is 6.98. The fraction of sp³-hybridized carbons (Fsp3) is 0.500. The number of pyridine rings is 1. The molecule has 0 saturated carbocycles. The van der Waals surface area contributed by atoms with Crippen LogP contribution < -0.4 is 25.8 Å². The summed E-state index contributed by atoms with van der Waals surface area (Å²) in [7, 11) is 0.407. The van der Waals surface area contributed by atoms with Crippen molar-refractivity contribution in [2.24, 2.45) is 5.41 Å². The molecule has 0 bridgehead atoms. The molecule has 1 aliphatic carbocycles. The molecule has 1 spiro atoms. The van der Waals surface area contributed by atoms with Crippen LogP contribution in [0.4, 0.5) is 17.5 Å². The van der Waals surface area contributed by atoms with Gasteiger partial charge in [0.1, 0.15) is 16.7 Å². The first-order valence-corrected chi connectivity index (χ1v) is 15.3. The summed E-state index contributed by atoms with van der Waals surface area (Å²) in [4.78, 5) is 22.1. The van der Waals surface area contributed by atoms with Gasteiger partial charge >= 0.3 is 0 Å². The van der Waals surface area contributed by atoms with Crippen LogP contribution in [0, 0.1) is 5.41 Å². The zero-order valence-corrected chi connectivity index (χ0v) is 24.9. The number of aromatic nitrogens is 4. The second-order valence-electron chi connectivity index (χ2n) is 10.5.